The normalized spacial score (nSPS) is 11.7. The van der Waals surface area contributed by atoms with Crippen molar-refractivity contribution in [1.82, 2.24) is 4.57 Å². The summed E-state index contributed by atoms with van der Waals surface area (Å²) in [6, 6.07) is 8.88. The van der Waals surface area contributed by atoms with Crippen molar-refractivity contribution in [2.75, 3.05) is 21.3 Å². The number of aromatic nitrogens is 1. The number of aryl methyl sites for hydroxylation is 1. The number of ether oxygens (including phenoxy) is 3. The third-order valence-corrected chi connectivity index (χ3v) is 5.48. The van der Waals surface area contributed by atoms with Crippen LogP contribution in [0.4, 0.5) is 0 Å². The van der Waals surface area contributed by atoms with E-state index < -0.39 is 0 Å². The molecule has 8 heteroatoms. The van der Waals surface area contributed by atoms with Gasteiger partial charge in [0.1, 0.15) is 0 Å². The second-order valence-electron chi connectivity index (χ2n) is 5.98. The molecule has 0 aliphatic rings. The van der Waals surface area contributed by atoms with Crippen LogP contribution in [0.3, 0.4) is 0 Å². The number of amides is 1. The van der Waals surface area contributed by atoms with E-state index in [-0.39, 0.29) is 5.91 Å². The van der Waals surface area contributed by atoms with Gasteiger partial charge in [-0.2, -0.15) is 4.99 Å². The predicted molar refractivity (Wildman–Crippen MR) is 111 cm³/mol. The van der Waals surface area contributed by atoms with Gasteiger partial charge in [0.2, 0.25) is 5.75 Å². The number of methoxy groups -OCH3 is 3. The Balaban J connectivity index is 2.14. The van der Waals surface area contributed by atoms with Crippen molar-refractivity contribution in [3.8, 4) is 17.2 Å². The monoisotopic (exact) mass is 420 g/mol. The molecule has 2 aromatic carbocycles. The van der Waals surface area contributed by atoms with Crippen molar-refractivity contribution in [2.24, 2.45) is 4.99 Å². The highest BCUT2D eigenvalue weighted by Gasteiger charge is 2.17. The summed E-state index contributed by atoms with van der Waals surface area (Å²) in [6.07, 6.45) is 0.917. The van der Waals surface area contributed by atoms with E-state index in [9.17, 15) is 4.79 Å². The number of nitrogens with zero attached hydrogens (tertiary/aromatic N) is 2. The van der Waals surface area contributed by atoms with Gasteiger partial charge < -0.3 is 18.8 Å². The maximum atomic E-state index is 12.9. The van der Waals surface area contributed by atoms with Crippen LogP contribution in [-0.4, -0.2) is 31.8 Å². The average molecular weight is 421 g/mol. The van der Waals surface area contributed by atoms with Crippen molar-refractivity contribution < 1.29 is 19.0 Å². The summed E-state index contributed by atoms with van der Waals surface area (Å²) in [7, 11) is 4.53. The van der Waals surface area contributed by atoms with Crippen LogP contribution < -0.4 is 19.0 Å². The van der Waals surface area contributed by atoms with Crippen molar-refractivity contribution in [3.05, 3.63) is 45.7 Å². The number of thiazole rings is 1. The molecular formula is C20H21ClN2O4S. The van der Waals surface area contributed by atoms with Crippen LogP contribution in [0.2, 0.25) is 5.02 Å². The molecule has 0 atom stereocenters. The zero-order chi connectivity index (χ0) is 20.3. The van der Waals surface area contributed by atoms with E-state index in [1.54, 1.807) is 12.1 Å². The van der Waals surface area contributed by atoms with Gasteiger partial charge in [-0.05, 0) is 36.8 Å². The molecule has 148 valence electrons. The van der Waals surface area contributed by atoms with Crippen LogP contribution in [0.15, 0.2) is 35.3 Å². The van der Waals surface area contributed by atoms with Crippen LogP contribution in [0, 0.1) is 0 Å². The predicted octanol–water partition coefficient (Wildman–Crippen LogP) is 4.53. The summed E-state index contributed by atoms with van der Waals surface area (Å²) in [5, 5.41) is 0.653. The molecule has 1 amide bonds. The SMILES string of the molecule is CCCn1c(=NC(=O)c2cc(OC)c(OC)c(OC)c2)sc2cc(Cl)ccc21. The number of fused-ring (bicyclic) bond motifs is 1. The molecule has 28 heavy (non-hydrogen) atoms. The molecule has 0 aliphatic carbocycles. The quantitative estimate of drug-likeness (QED) is 0.587. The smallest absolute Gasteiger partial charge is 0.279 e. The summed E-state index contributed by atoms with van der Waals surface area (Å²) < 4.78 is 19.0. The summed E-state index contributed by atoms with van der Waals surface area (Å²) in [6.45, 7) is 2.83. The zero-order valence-electron chi connectivity index (χ0n) is 16.1. The molecule has 0 N–H and O–H groups in total. The van der Waals surface area contributed by atoms with E-state index in [0.29, 0.717) is 32.6 Å². The number of halogens is 1. The summed E-state index contributed by atoms with van der Waals surface area (Å²) in [5.41, 5.74) is 1.36. The van der Waals surface area contributed by atoms with Crippen LogP contribution in [-0.2, 0) is 6.54 Å². The fourth-order valence-corrected chi connectivity index (χ4v) is 4.26. The maximum Gasteiger partial charge on any atom is 0.279 e. The first-order valence-corrected chi connectivity index (χ1v) is 9.89. The second-order valence-corrected chi connectivity index (χ2v) is 7.42. The van der Waals surface area contributed by atoms with E-state index in [2.05, 4.69) is 11.9 Å². The highest BCUT2D eigenvalue weighted by Crippen LogP contribution is 2.38. The van der Waals surface area contributed by atoms with Gasteiger partial charge in [0.05, 0.1) is 31.5 Å². The van der Waals surface area contributed by atoms with Crippen LogP contribution in [0.5, 0.6) is 17.2 Å². The van der Waals surface area contributed by atoms with Crippen molar-refractivity contribution in [3.63, 3.8) is 0 Å². The van der Waals surface area contributed by atoms with Gasteiger partial charge in [-0.3, -0.25) is 4.79 Å². The van der Waals surface area contributed by atoms with Gasteiger partial charge in [0, 0.05) is 17.1 Å². The molecule has 6 nitrogen and oxygen atoms in total. The molecule has 0 unspecified atom stereocenters. The number of rotatable bonds is 6. The van der Waals surface area contributed by atoms with Crippen molar-refractivity contribution in [2.45, 2.75) is 19.9 Å². The number of benzene rings is 2. The third-order valence-electron chi connectivity index (χ3n) is 4.20. The lowest BCUT2D eigenvalue weighted by molar-refractivity contribution is 0.0997. The van der Waals surface area contributed by atoms with E-state index in [0.717, 1.165) is 23.2 Å². The summed E-state index contributed by atoms with van der Waals surface area (Å²) in [4.78, 5) is 17.9. The first kappa shape index (κ1) is 20.2. The molecule has 0 bridgehead atoms. The molecule has 0 fully saturated rings. The van der Waals surface area contributed by atoms with Gasteiger partial charge in [-0.1, -0.05) is 29.9 Å². The molecule has 3 aromatic rings. The Hall–Kier alpha value is -2.51. The minimum atomic E-state index is -0.387. The first-order valence-electron chi connectivity index (χ1n) is 8.70. The molecule has 1 heterocycles. The fourth-order valence-electron chi connectivity index (χ4n) is 2.93. The summed E-state index contributed by atoms with van der Waals surface area (Å²) in [5.74, 6) is 0.857. The molecule has 1 aromatic heterocycles. The highest BCUT2D eigenvalue weighted by atomic mass is 35.5. The molecule has 0 radical (unpaired) electrons. The number of carbonyl (C=O) groups excluding carboxylic acids is 1. The van der Waals surface area contributed by atoms with Crippen LogP contribution in [0.1, 0.15) is 23.7 Å². The molecular weight excluding hydrogens is 400 g/mol. The Morgan fingerprint density at radius 2 is 1.79 bits per heavy atom. The van der Waals surface area contributed by atoms with E-state index in [1.165, 1.54) is 32.7 Å². The third kappa shape index (κ3) is 3.86. The number of hydrogen-bond acceptors (Lipinski definition) is 5. The minimum Gasteiger partial charge on any atom is -0.493 e. The average Bonchev–Trinajstić information content (AvgIpc) is 3.02. The molecule has 3 rings (SSSR count). The van der Waals surface area contributed by atoms with E-state index in [1.807, 2.05) is 22.8 Å². The Bertz CT molecular complexity index is 1060. The van der Waals surface area contributed by atoms with Gasteiger partial charge in [0.25, 0.3) is 5.91 Å². The number of hydrogen-bond donors (Lipinski definition) is 0. The first-order chi connectivity index (χ1) is 13.5. The zero-order valence-corrected chi connectivity index (χ0v) is 17.7. The lowest BCUT2D eigenvalue weighted by atomic mass is 10.1. The second kappa shape index (κ2) is 8.67. The van der Waals surface area contributed by atoms with Crippen LogP contribution >= 0.6 is 22.9 Å². The molecule has 0 spiro atoms. The Labute approximate surface area is 171 Å². The molecule has 0 saturated heterocycles. The minimum absolute atomic E-state index is 0.355. The van der Waals surface area contributed by atoms with Gasteiger partial charge in [0.15, 0.2) is 16.3 Å². The lowest BCUT2D eigenvalue weighted by Crippen LogP contribution is -2.17. The fraction of sp³-hybridized carbons (Fsp3) is 0.300. The Kier molecular flexibility index (Phi) is 6.26. The Morgan fingerprint density at radius 3 is 2.36 bits per heavy atom. The highest BCUT2D eigenvalue weighted by molar-refractivity contribution is 7.16. The van der Waals surface area contributed by atoms with E-state index >= 15 is 0 Å². The van der Waals surface area contributed by atoms with Crippen molar-refractivity contribution >= 4 is 39.1 Å². The molecule has 0 aliphatic heterocycles. The van der Waals surface area contributed by atoms with E-state index in [4.69, 9.17) is 25.8 Å². The lowest BCUT2D eigenvalue weighted by Gasteiger charge is -2.12. The maximum absolute atomic E-state index is 12.9. The topological polar surface area (TPSA) is 62.1 Å². The standard InChI is InChI=1S/C20H21ClN2O4S/c1-5-8-23-14-7-6-13(21)11-17(14)28-20(23)22-19(24)12-9-15(25-2)18(27-4)16(10-12)26-3/h6-7,9-11H,5,8H2,1-4H3. The van der Waals surface area contributed by atoms with Gasteiger partial charge in [-0.15, -0.1) is 0 Å². The van der Waals surface area contributed by atoms with Crippen LogP contribution in [0.25, 0.3) is 10.2 Å². The summed E-state index contributed by atoms with van der Waals surface area (Å²) >= 11 is 7.55. The number of carbonyl (C=O) groups is 1. The van der Waals surface area contributed by atoms with Crippen molar-refractivity contribution in [1.29, 1.82) is 0 Å². The van der Waals surface area contributed by atoms with Gasteiger partial charge in [-0.25, -0.2) is 0 Å². The molecule has 0 saturated carbocycles. The Morgan fingerprint density at radius 1 is 1.11 bits per heavy atom. The van der Waals surface area contributed by atoms with Gasteiger partial charge >= 0.3 is 0 Å². The largest absolute Gasteiger partial charge is 0.493 e.